The number of phenolic OH excluding ortho intramolecular Hbond substituents is 1. The topological polar surface area (TPSA) is 89.1 Å². The summed E-state index contributed by atoms with van der Waals surface area (Å²) in [4.78, 5) is 4.27. The van der Waals surface area contributed by atoms with Crippen LogP contribution >= 0.6 is 0 Å². The van der Waals surface area contributed by atoms with Crippen molar-refractivity contribution in [2.75, 3.05) is 12.4 Å². The number of para-hydroxylation sites is 2. The molecule has 3 rings (SSSR count). The number of hydrogen-bond donors (Lipinski definition) is 3. The minimum Gasteiger partial charge on any atom is -0.504 e. The fraction of sp³-hybridized carbons (Fsp3) is 0.0952. The van der Waals surface area contributed by atoms with E-state index in [9.17, 15) is 5.11 Å². The van der Waals surface area contributed by atoms with E-state index in [1.807, 2.05) is 54.6 Å². The van der Waals surface area contributed by atoms with Crippen LogP contribution in [0.5, 0.6) is 23.0 Å². The Morgan fingerprint density at radius 2 is 1.74 bits per heavy atom. The Balaban J connectivity index is 1.66. The van der Waals surface area contributed by atoms with Gasteiger partial charge in [0.2, 0.25) is 0 Å². The number of anilines is 1. The first-order chi connectivity index (χ1) is 13.2. The molecule has 0 aliphatic heterocycles. The predicted octanol–water partition coefficient (Wildman–Crippen LogP) is 4.12. The van der Waals surface area contributed by atoms with Crippen LogP contribution in [0.3, 0.4) is 0 Å². The summed E-state index contributed by atoms with van der Waals surface area (Å²) >= 11 is 0. The van der Waals surface area contributed by atoms with Crippen molar-refractivity contribution in [2.45, 2.75) is 6.54 Å². The van der Waals surface area contributed by atoms with Gasteiger partial charge in [-0.2, -0.15) is 0 Å². The number of nitrogens with zero attached hydrogens (tertiary/aromatic N) is 1. The SMILES string of the molecule is COc1cccc(CN=C(N)Nc2cccc(Oc3ccccc3)c2)c1O. The van der Waals surface area contributed by atoms with E-state index in [1.54, 1.807) is 18.2 Å². The summed E-state index contributed by atoms with van der Waals surface area (Å²) in [7, 11) is 1.50. The number of hydrogen-bond acceptors (Lipinski definition) is 4. The first-order valence-electron chi connectivity index (χ1n) is 8.40. The number of phenols is 1. The number of aliphatic imine (C=N–C) groups is 1. The zero-order valence-corrected chi connectivity index (χ0v) is 14.9. The summed E-state index contributed by atoms with van der Waals surface area (Å²) < 4.78 is 10.9. The van der Waals surface area contributed by atoms with Crippen molar-refractivity contribution >= 4 is 11.6 Å². The van der Waals surface area contributed by atoms with Gasteiger partial charge in [0, 0.05) is 17.3 Å². The standard InChI is InChI=1S/C21H21N3O3/c1-26-19-12-5-7-15(20(19)25)14-23-21(22)24-16-8-6-11-18(13-16)27-17-9-3-2-4-10-17/h2-13,25H,14H2,1H3,(H3,22,23,24). The lowest BCUT2D eigenvalue weighted by atomic mass is 10.2. The monoisotopic (exact) mass is 363 g/mol. The Labute approximate surface area is 157 Å². The molecule has 0 unspecified atom stereocenters. The van der Waals surface area contributed by atoms with E-state index in [0.29, 0.717) is 17.1 Å². The van der Waals surface area contributed by atoms with E-state index >= 15 is 0 Å². The molecule has 0 atom stereocenters. The first kappa shape index (κ1) is 18.1. The van der Waals surface area contributed by atoms with Gasteiger partial charge in [0.05, 0.1) is 13.7 Å². The number of rotatable bonds is 6. The number of aromatic hydroxyl groups is 1. The number of ether oxygens (including phenoxy) is 2. The fourth-order valence-electron chi connectivity index (χ4n) is 2.48. The van der Waals surface area contributed by atoms with Gasteiger partial charge in [-0.15, -0.1) is 0 Å². The maximum absolute atomic E-state index is 10.1. The molecule has 6 nitrogen and oxygen atoms in total. The minimum atomic E-state index is 0.0646. The lowest BCUT2D eigenvalue weighted by molar-refractivity contribution is 0.370. The summed E-state index contributed by atoms with van der Waals surface area (Å²) in [5.41, 5.74) is 7.34. The number of nitrogens with two attached hydrogens (primary N) is 1. The van der Waals surface area contributed by atoms with Crippen molar-refractivity contribution in [1.82, 2.24) is 0 Å². The van der Waals surface area contributed by atoms with Crippen LogP contribution in [0.4, 0.5) is 5.69 Å². The maximum atomic E-state index is 10.1. The molecule has 0 heterocycles. The highest BCUT2D eigenvalue weighted by atomic mass is 16.5. The van der Waals surface area contributed by atoms with Crippen molar-refractivity contribution in [3.8, 4) is 23.0 Å². The second kappa shape index (κ2) is 8.62. The van der Waals surface area contributed by atoms with E-state index < -0.39 is 0 Å². The fourth-order valence-corrected chi connectivity index (χ4v) is 2.48. The lowest BCUT2D eigenvalue weighted by Gasteiger charge is -2.10. The summed E-state index contributed by atoms with van der Waals surface area (Å²) in [6, 6.07) is 22.2. The largest absolute Gasteiger partial charge is 0.504 e. The zero-order valence-electron chi connectivity index (χ0n) is 14.9. The molecule has 4 N–H and O–H groups in total. The third kappa shape index (κ3) is 4.92. The highest BCUT2D eigenvalue weighted by Crippen LogP contribution is 2.29. The molecular weight excluding hydrogens is 342 g/mol. The van der Waals surface area contributed by atoms with Crippen LogP contribution in [-0.2, 0) is 6.54 Å². The van der Waals surface area contributed by atoms with E-state index in [4.69, 9.17) is 15.2 Å². The Morgan fingerprint density at radius 1 is 1.00 bits per heavy atom. The van der Waals surface area contributed by atoms with Crippen molar-refractivity contribution < 1.29 is 14.6 Å². The average molecular weight is 363 g/mol. The molecular formula is C21H21N3O3. The van der Waals surface area contributed by atoms with E-state index in [-0.39, 0.29) is 18.3 Å². The van der Waals surface area contributed by atoms with Crippen LogP contribution in [0.2, 0.25) is 0 Å². The lowest BCUT2D eigenvalue weighted by Crippen LogP contribution is -2.22. The molecule has 0 radical (unpaired) electrons. The van der Waals surface area contributed by atoms with Gasteiger partial charge in [-0.3, -0.25) is 0 Å². The van der Waals surface area contributed by atoms with E-state index in [0.717, 1.165) is 11.4 Å². The molecule has 138 valence electrons. The van der Waals surface area contributed by atoms with E-state index in [2.05, 4.69) is 10.3 Å². The van der Waals surface area contributed by atoms with Gasteiger partial charge in [0.1, 0.15) is 11.5 Å². The van der Waals surface area contributed by atoms with Gasteiger partial charge in [-0.25, -0.2) is 4.99 Å². The number of methoxy groups -OCH3 is 1. The second-order valence-electron chi connectivity index (χ2n) is 5.74. The predicted molar refractivity (Wildman–Crippen MR) is 107 cm³/mol. The normalized spacial score (nSPS) is 11.1. The highest BCUT2D eigenvalue weighted by Gasteiger charge is 2.07. The summed E-state index contributed by atoms with van der Waals surface area (Å²) in [5, 5.41) is 13.1. The van der Waals surface area contributed by atoms with Crippen molar-refractivity contribution in [1.29, 1.82) is 0 Å². The molecule has 3 aromatic rings. The van der Waals surface area contributed by atoms with Crippen molar-refractivity contribution in [3.05, 3.63) is 78.4 Å². The van der Waals surface area contributed by atoms with Gasteiger partial charge in [0.25, 0.3) is 0 Å². The summed E-state index contributed by atoms with van der Waals surface area (Å²) in [5.74, 6) is 2.14. The van der Waals surface area contributed by atoms with Crippen LogP contribution in [0.15, 0.2) is 77.8 Å². The van der Waals surface area contributed by atoms with Gasteiger partial charge in [-0.05, 0) is 30.3 Å². The van der Waals surface area contributed by atoms with Gasteiger partial charge in [-0.1, -0.05) is 36.4 Å². The van der Waals surface area contributed by atoms with Crippen LogP contribution < -0.4 is 20.5 Å². The molecule has 6 heteroatoms. The van der Waals surface area contributed by atoms with Crippen LogP contribution in [0, 0.1) is 0 Å². The number of nitrogens with one attached hydrogen (secondary N) is 1. The molecule has 0 aliphatic rings. The van der Waals surface area contributed by atoms with E-state index in [1.165, 1.54) is 7.11 Å². The summed E-state index contributed by atoms with van der Waals surface area (Å²) in [6.07, 6.45) is 0. The molecule has 0 spiro atoms. The quantitative estimate of drug-likeness (QED) is 0.453. The Kier molecular flexibility index (Phi) is 5.79. The van der Waals surface area contributed by atoms with Crippen LogP contribution in [0.25, 0.3) is 0 Å². The van der Waals surface area contributed by atoms with Gasteiger partial charge >= 0.3 is 0 Å². The Bertz CT molecular complexity index is 927. The zero-order chi connectivity index (χ0) is 19.1. The third-order valence-electron chi connectivity index (χ3n) is 3.81. The van der Waals surface area contributed by atoms with Gasteiger partial charge < -0.3 is 25.6 Å². The first-order valence-corrected chi connectivity index (χ1v) is 8.40. The third-order valence-corrected chi connectivity index (χ3v) is 3.81. The molecule has 0 aromatic heterocycles. The molecule has 0 fully saturated rings. The minimum absolute atomic E-state index is 0.0646. The number of benzene rings is 3. The Morgan fingerprint density at radius 3 is 2.52 bits per heavy atom. The molecule has 0 saturated carbocycles. The highest BCUT2D eigenvalue weighted by molar-refractivity contribution is 5.92. The number of guanidine groups is 1. The molecule has 0 amide bonds. The average Bonchev–Trinajstić information content (AvgIpc) is 2.68. The molecule has 0 bridgehead atoms. The second-order valence-corrected chi connectivity index (χ2v) is 5.74. The van der Waals surface area contributed by atoms with Gasteiger partial charge in [0.15, 0.2) is 17.5 Å². The van der Waals surface area contributed by atoms with Crippen LogP contribution in [0.1, 0.15) is 5.56 Å². The molecule has 0 aliphatic carbocycles. The molecule has 0 saturated heterocycles. The summed E-state index contributed by atoms with van der Waals surface area (Å²) in [6.45, 7) is 0.224. The smallest absolute Gasteiger partial charge is 0.193 e. The Hall–Kier alpha value is -3.67. The van der Waals surface area contributed by atoms with Crippen molar-refractivity contribution in [2.24, 2.45) is 10.7 Å². The maximum Gasteiger partial charge on any atom is 0.193 e. The molecule has 3 aromatic carbocycles. The van der Waals surface area contributed by atoms with Crippen LogP contribution in [-0.4, -0.2) is 18.2 Å². The molecule has 27 heavy (non-hydrogen) atoms. The van der Waals surface area contributed by atoms with Crippen molar-refractivity contribution in [3.63, 3.8) is 0 Å².